The molecular weight excluding hydrogens is 176 g/mol. The van der Waals surface area contributed by atoms with Crippen LogP contribution in [0, 0.1) is 0 Å². The lowest BCUT2D eigenvalue weighted by atomic mass is 10.3. The lowest BCUT2D eigenvalue weighted by Crippen LogP contribution is -1.96. The van der Waals surface area contributed by atoms with Gasteiger partial charge in [-0.1, -0.05) is 0 Å². The van der Waals surface area contributed by atoms with Crippen LogP contribution >= 0.6 is 0 Å². The van der Waals surface area contributed by atoms with Gasteiger partial charge in [-0.05, 0) is 6.07 Å². The normalized spacial score (nSPS) is 11.3. The largest absolute Gasteiger partial charge is 0.384 e. The van der Waals surface area contributed by atoms with Gasteiger partial charge >= 0.3 is 6.55 Å². The topological polar surface area (TPSA) is 43.8 Å². The van der Waals surface area contributed by atoms with Gasteiger partial charge in [0.15, 0.2) is 0 Å². The molecule has 0 aromatic carbocycles. The number of hydrogen-bond acceptors (Lipinski definition) is 2. The Morgan fingerprint density at radius 3 is 2.92 bits per heavy atom. The Labute approximate surface area is 72.8 Å². The van der Waals surface area contributed by atoms with Gasteiger partial charge in [0.2, 0.25) is 0 Å². The molecule has 13 heavy (non-hydrogen) atoms. The first kappa shape index (κ1) is 7.97. The Bertz CT molecular complexity index is 436. The van der Waals surface area contributed by atoms with Gasteiger partial charge in [0.25, 0.3) is 0 Å². The van der Waals surface area contributed by atoms with Crippen molar-refractivity contribution in [2.75, 3.05) is 5.73 Å². The van der Waals surface area contributed by atoms with E-state index in [2.05, 4.69) is 4.98 Å². The average Bonchev–Trinajstić information content (AvgIpc) is 2.46. The number of nitrogens with two attached hydrogens (primary N) is 1. The number of alkyl halides is 2. The Hall–Kier alpha value is -1.65. The zero-order valence-electron chi connectivity index (χ0n) is 6.61. The van der Waals surface area contributed by atoms with Crippen molar-refractivity contribution < 1.29 is 8.78 Å². The van der Waals surface area contributed by atoms with Crippen LogP contribution in [0.2, 0.25) is 0 Å². The number of fused-ring (bicyclic) bond motifs is 1. The summed E-state index contributed by atoms with van der Waals surface area (Å²) in [5.41, 5.74) is 5.79. The number of nitrogens with zero attached hydrogens (tertiary/aromatic N) is 2. The number of nitrogen functional groups attached to an aromatic ring is 1. The van der Waals surface area contributed by atoms with E-state index in [9.17, 15) is 8.78 Å². The van der Waals surface area contributed by atoms with Gasteiger partial charge < -0.3 is 5.73 Å². The monoisotopic (exact) mass is 183 g/mol. The molecule has 5 heteroatoms. The lowest BCUT2D eigenvalue weighted by molar-refractivity contribution is 0.0752. The predicted molar refractivity (Wildman–Crippen MR) is 45.4 cm³/mol. The Balaban J connectivity index is 2.71. The van der Waals surface area contributed by atoms with Crippen molar-refractivity contribution in [1.29, 1.82) is 0 Å². The number of pyridine rings is 1. The molecule has 2 N–H and O–H groups in total. The Morgan fingerprint density at radius 2 is 2.23 bits per heavy atom. The van der Waals surface area contributed by atoms with E-state index in [4.69, 9.17) is 5.73 Å². The van der Waals surface area contributed by atoms with Gasteiger partial charge in [-0.15, -0.1) is 0 Å². The SMILES string of the molecule is Nc1cc2c(ccn2C(F)F)cn1. The molecule has 0 bridgehead atoms. The van der Waals surface area contributed by atoms with E-state index in [0.717, 1.165) is 4.57 Å². The number of aromatic nitrogens is 2. The van der Waals surface area contributed by atoms with Crippen molar-refractivity contribution in [2.45, 2.75) is 6.55 Å². The predicted octanol–water partition coefficient (Wildman–Crippen LogP) is 2.01. The molecule has 2 heterocycles. The average molecular weight is 183 g/mol. The molecular formula is C8H7F2N3. The Kier molecular flexibility index (Phi) is 1.65. The minimum Gasteiger partial charge on any atom is -0.384 e. The molecule has 0 spiro atoms. The van der Waals surface area contributed by atoms with E-state index in [0.29, 0.717) is 10.9 Å². The second kappa shape index (κ2) is 2.69. The maximum atomic E-state index is 12.4. The first-order chi connectivity index (χ1) is 6.18. The van der Waals surface area contributed by atoms with Crippen LogP contribution in [0.5, 0.6) is 0 Å². The second-order valence-electron chi connectivity index (χ2n) is 2.67. The van der Waals surface area contributed by atoms with Gasteiger partial charge in [-0.3, -0.25) is 4.57 Å². The van der Waals surface area contributed by atoms with Crippen LogP contribution in [0.3, 0.4) is 0 Å². The molecule has 2 rings (SSSR count). The molecule has 0 fully saturated rings. The Morgan fingerprint density at radius 1 is 1.46 bits per heavy atom. The van der Waals surface area contributed by atoms with E-state index in [1.165, 1.54) is 18.5 Å². The van der Waals surface area contributed by atoms with Gasteiger partial charge in [0.05, 0.1) is 5.52 Å². The van der Waals surface area contributed by atoms with E-state index >= 15 is 0 Å². The summed E-state index contributed by atoms with van der Waals surface area (Å²) in [6.45, 7) is -2.54. The summed E-state index contributed by atoms with van der Waals surface area (Å²) in [4.78, 5) is 3.80. The molecule has 0 aliphatic heterocycles. The fourth-order valence-electron chi connectivity index (χ4n) is 1.23. The molecule has 0 amide bonds. The van der Waals surface area contributed by atoms with Crippen LogP contribution in [0.1, 0.15) is 6.55 Å². The third-order valence-corrected chi connectivity index (χ3v) is 1.84. The highest BCUT2D eigenvalue weighted by Gasteiger charge is 2.09. The molecule has 0 saturated heterocycles. The fourth-order valence-corrected chi connectivity index (χ4v) is 1.23. The molecule has 2 aromatic heterocycles. The summed E-state index contributed by atoms with van der Waals surface area (Å²) < 4.78 is 25.6. The molecule has 68 valence electrons. The van der Waals surface area contributed by atoms with Crippen molar-refractivity contribution in [3.8, 4) is 0 Å². The third-order valence-electron chi connectivity index (χ3n) is 1.84. The minimum absolute atomic E-state index is 0.244. The zero-order valence-corrected chi connectivity index (χ0v) is 6.61. The number of halogens is 2. The third kappa shape index (κ3) is 1.22. The van der Waals surface area contributed by atoms with Crippen molar-refractivity contribution in [3.05, 3.63) is 24.5 Å². The van der Waals surface area contributed by atoms with E-state index in [1.54, 1.807) is 6.07 Å². The summed E-state index contributed by atoms with van der Waals surface area (Å²) in [6.07, 6.45) is 2.79. The van der Waals surface area contributed by atoms with Gasteiger partial charge in [-0.2, -0.15) is 8.78 Å². The summed E-state index contributed by atoms with van der Waals surface area (Å²) in [6, 6.07) is 3.01. The molecule has 3 nitrogen and oxygen atoms in total. The van der Waals surface area contributed by atoms with Crippen molar-refractivity contribution in [3.63, 3.8) is 0 Å². The molecule has 0 aliphatic carbocycles. The first-order valence-electron chi connectivity index (χ1n) is 3.68. The highest BCUT2D eigenvalue weighted by atomic mass is 19.3. The molecule has 0 radical (unpaired) electrons. The zero-order chi connectivity index (χ0) is 9.42. The van der Waals surface area contributed by atoms with E-state index in [1.807, 2.05) is 0 Å². The van der Waals surface area contributed by atoms with E-state index < -0.39 is 6.55 Å². The van der Waals surface area contributed by atoms with Gasteiger partial charge in [-0.25, -0.2) is 4.98 Å². The summed E-state index contributed by atoms with van der Waals surface area (Å²) in [5.74, 6) is 0.244. The lowest BCUT2D eigenvalue weighted by Gasteiger charge is -2.02. The summed E-state index contributed by atoms with van der Waals surface area (Å²) >= 11 is 0. The second-order valence-corrected chi connectivity index (χ2v) is 2.67. The van der Waals surface area contributed by atoms with Crippen molar-refractivity contribution in [2.24, 2.45) is 0 Å². The fraction of sp³-hybridized carbons (Fsp3) is 0.125. The molecule has 0 atom stereocenters. The maximum absolute atomic E-state index is 12.4. The summed E-state index contributed by atoms with van der Waals surface area (Å²) in [7, 11) is 0. The van der Waals surface area contributed by atoms with Gasteiger partial charge in [0.1, 0.15) is 5.82 Å². The minimum atomic E-state index is -2.54. The highest BCUT2D eigenvalue weighted by molar-refractivity contribution is 5.81. The molecule has 0 saturated carbocycles. The summed E-state index contributed by atoms with van der Waals surface area (Å²) in [5, 5.41) is 0.662. The molecule has 2 aromatic rings. The van der Waals surface area contributed by atoms with Crippen LogP contribution in [0.15, 0.2) is 24.5 Å². The van der Waals surface area contributed by atoms with Crippen LogP contribution in [0.25, 0.3) is 10.9 Å². The highest BCUT2D eigenvalue weighted by Crippen LogP contribution is 2.22. The molecule has 0 unspecified atom stereocenters. The van der Waals surface area contributed by atoms with Crippen molar-refractivity contribution in [1.82, 2.24) is 9.55 Å². The van der Waals surface area contributed by atoms with Gasteiger partial charge in [0, 0.05) is 23.8 Å². The number of hydrogen-bond donors (Lipinski definition) is 1. The van der Waals surface area contributed by atoms with Crippen LogP contribution in [-0.4, -0.2) is 9.55 Å². The van der Waals surface area contributed by atoms with Crippen LogP contribution in [0.4, 0.5) is 14.6 Å². The van der Waals surface area contributed by atoms with Crippen LogP contribution < -0.4 is 5.73 Å². The number of anilines is 1. The quantitative estimate of drug-likeness (QED) is 0.734. The maximum Gasteiger partial charge on any atom is 0.319 e. The smallest absolute Gasteiger partial charge is 0.319 e. The first-order valence-corrected chi connectivity index (χ1v) is 3.68. The van der Waals surface area contributed by atoms with Crippen molar-refractivity contribution >= 4 is 16.7 Å². The molecule has 0 aliphatic rings. The van der Waals surface area contributed by atoms with Crippen LogP contribution in [-0.2, 0) is 0 Å². The van der Waals surface area contributed by atoms with E-state index in [-0.39, 0.29) is 5.82 Å². The number of rotatable bonds is 1. The standard InChI is InChI=1S/C8H7F2N3/c9-8(10)13-2-1-5-4-12-7(11)3-6(5)13/h1-4,8H,(H2,11,12).